The minimum Gasteiger partial charge on any atom is -0.506 e. The predicted molar refractivity (Wildman–Crippen MR) is 46.0 cm³/mol. The number of anilines is 1. The summed E-state index contributed by atoms with van der Waals surface area (Å²) in [7, 11) is 0. The molecule has 4 nitrogen and oxygen atoms in total. The molecule has 0 aliphatic heterocycles. The van der Waals surface area contributed by atoms with E-state index < -0.39 is 6.03 Å². The number of para-hydroxylation sites is 1. The predicted octanol–water partition coefficient (Wildman–Crippen LogP) is 1.19. The molecule has 0 saturated carbocycles. The van der Waals surface area contributed by atoms with Crippen molar-refractivity contribution in [3.8, 4) is 5.75 Å². The summed E-state index contributed by atoms with van der Waals surface area (Å²) in [5.41, 5.74) is 6.04. The van der Waals surface area contributed by atoms with Gasteiger partial charge >= 0.3 is 6.03 Å². The molecule has 1 aromatic rings. The molecule has 0 bridgehead atoms. The van der Waals surface area contributed by atoms with Crippen molar-refractivity contribution in [1.29, 1.82) is 0 Å². The fourth-order valence-electron chi connectivity index (χ4n) is 0.938. The molecule has 2 amide bonds. The number of phenols is 1. The van der Waals surface area contributed by atoms with E-state index in [-0.39, 0.29) is 5.75 Å². The van der Waals surface area contributed by atoms with Crippen LogP contribution in [-0.4, -0.2) is 11.1 Å². The van der Waals surface area contributed by atoms with Crippen LogP contribution in [0.5, 0.6) is 5.75 Å². The van der Waals surface area contributed by atoms with Gasteiger partial charge in [-0.1, -0.05) is 12.1 Å². The second-order valence-electron chi connectivity index (χ2n) is 2.46. The number of benzene rings is 1. The van der Waals surface area contributed by atoms with Gasteiger partial charge in [-0.3, -0.25) is 0 Å². The molecule has 0 atom stereocenters. The Hall–Kier alpha value is -1.71. The largest absolute Gasteiger partial charge is 0.506 e. The van der Waals surface area contributed by atoms with Gasteiger partial charge in [-0.2, -0.15) is 0 Å². The Labute approximate surface area is 70.0 Å². The molecule has 64 valence electrons. The average Bonchev–Trinajstić information content (AvgIpc) is 1.97. The minimum absolute atomic E-state index is 0.0220. The first kappa shape index (κ1) is 8.39. The number of aromatic hydroxyl groups is 1. The van der Waals surface area contributed by atoms with Crippen LogP contribution in [0.3, 0.4) is 0 Å². The van der Waals surface area contributed by atoms with Crippen LogP contribution in [0, 0.1) is 6.92 Å². The van der Waals surface area contributed by atoms with Crippen molar-refractivity contribution in [2.75, 3.05) is 5.32 Å². The standard InChI is InChI=1S/C8H10N2O2/c1-5-3-2-4-6(11)7(5)10-8(9)12/h2-4,11H,1H3,(H3,9,10,12). The van der Waals surface area contributed by atoms with Gasteiger partial charge in [0.2, 0.25) is 0 Å². The summed E-state index contributed by atoms with van der Waals surface area (Å²) >= 11 is 0. The summed E-state index contributed by atoms with van der Waals surface area (Å²) in [6, 6.07) is 4.26. The maximum absolute atomic E-state index is 10.5. The van der Waals surface area contributed by atoms with Crippen LogP contribution in [-0.2, 0) is 0 Å². The van der Waals surface area contributed by atoms with Crippen molar-refractivity contribution < 1.29 is 9.90 Å². The van der Waals surface area contributed by atoms with Gasteiger partial charge in [0, 0.05) is 0 Å². The average molecular weight is 166 g/mol. The maximum Gasteiger partial charge on any atom is 0.316 e. The summed E-state index contributed by atoms with van der Waals surface area (Å²) in [4.78, 5) is 10.5. The Morgan fingerprint density at radius 3 is 2.75 bits per heavy atom. The highest BCUT2D eigenvalue weighted by molar-refractivity contribution is 5.90. The Morgan fingerprint density at radius 2 is 2.25 bits per heavy atom. The number of primary amides is 1. The first-order chi connectivity index (χ1) is 5.61. The van der Waals surface area contributed by atoms with Gasteiger partial charge in [0.25, 0.3) is 0 Å². The monoisotopic (exact) mass is 166 g/mol. The molecule has 0 radical (unpaired) electrons. The maximum atomic E-state index is 10.5. The van der Waals surface area contributed by atoms with Crippen molar-refractivity contribution in [2.45, 2.75) is 6.92 Å². The number of carbonyl (C=O) groups is 1. The number of amides is 2. The van der Waals surface area contributed by atoms with E-state index in [4.69, 9.17) is 5.73 Å². The van der Waals surface area contributed by atoms with E-state index in [2.05, 4.69) is 5.32 Å². The number of aryl methyl sites for hydroxylation is 1. The molecule has 0 heterocycles. The number of hydrogen-bond acceptors (Lipinski definition) is 2. The topological polar surface area (TPSA) is 75.3 Å². The van der Waals surface area contributed by atoms with E-state index in [9.17, 15) is 9.90 Å². The van der Waals surface area contributed by atoms with Gasteiger partial charge in [-0.25, -0.2) is 4.79 Å². The molecule has 0 fully saturated rings. The van der Waals surface area contributed by atoms with Crippen LogP contribution >= 0.6 is 0 Å². The van der Waals surface area contributed by atoms with Gasteiger partial charge in [0.1, 0.15) is 5.75 Å². The minimum atomic E-state index is -0.681. The molecule has 0 aliphatic carbocycles. The Kier molecular flexibility index (Phi) is 2.19. The summed E-state index contributed by atoms with van der Waals surface area (Å²) in [6.45, 7) is 1.77. The molecule has 4 heteroatoms. The van der Waals surface area contributed by atoms with Gasteiger partial charge in [-0.05, 0) is 18.6 Å². The summed E-state index contributed by atoms with van der Waals surface area (Å²) in [5, 5.41) is 11.6. The Bertz CT molecular complexity index is 290. The highest BCUT2D eigenvalue weighted by atomic mass is 16.3. The molecular weight excluding hydrogens is 156 g/mol. The molecule has 0 aromatic heterocycles. The first-order valence-electron chi connectivity index (χ1n) is 3.46. The Balaban J connectivity index is 3.04. The van der Waals surface area contributed by atoms with Crippen molar-refractivity contribution in [3.05, 3.63) is 23.8 Å². The fraction of sp³-hybridized carbons (Fsp3) is 0.125. The lowest BCUT2D eigenvalue weighted by molar-refractivity contribution is 0.259. The van der Waals surface area contributed by atoms with Crippen LogP contribution in [0.25, 0.3) is 0 Å². The number of carbonyl (C=O) groups excluding carboxylic acids is 1. The van der Waals surface area contributed by atoms with E-state index in [1.54, 1.807) is 19.1 Å². The number of rotatable bonds is 1. The molecule has 12 heavy (non-hydrogen) atoms. The number of nitrogens with two attached hydrogens (primary N) is 1. The zero-order valence-electron chi connectivity index (χ0n) is 6.66. The quantitative estimate of drug-likeness (QED) is 0.548. The molecule has 0 aliphatic rings. The van der Waals surface area contributed by atoms with Gasteiger partial charge in [-0.15, -0.1) is 0 Å². The van der Waals surface area contributed by atoms with Crippen LogP contribution in [0.1, 0.15) is 5.56 Å². The zero-order valence-corrected chi connectivity index (χ0v) is 6.66. The smallest absolute Gasteiger partial charge is 0.316 e. The van der Waals surface area contributed by atoms with Crippen LogP contribution in [0.2, 0.25) is 0 Å². The van der Waals surface area contributed by atoms with Crippen LogP contribution in [0.15, 0.2) is 18.2 Å². The van der Waals surface area contributed by atoms with E-state index in [1.165, 1.54) is 6.07 Å². The molecule has 0 unspecified atom stereocenters. The molecular formula is C8H10N2O2. The van der Waals surface area contributed by atoms with Gasteiger partial charge < -0.3 is 16.2 Å². The molecule has 4 N–H and O–H groups in total. The SMILES string of the molecule is Cc1cccc(O)c1NC(N)=O. The van der Waals surface area contributed by atoms with Crippen molar-refractivity contribution in [3.63, 3.8) is 0 Å². The lowest BCUT2D eigenvalue weighted by Crippen LogP contribution is -2.19. The third-order valence-electron chi connectivity index (χ3n) is 1.50. The first-order valence-corrected chi connectivity index (χ1v) is 3.46. The molecule has 0 spiro atoms. The second kappa shape index (κ2) is 3.13. The van der Waals surface area contributed by atoms with Crippen LogP contribution in [0.4, 0.5) is 10.5 Å². The second-order valence-corrected chi connectivity index (χ2v) is 2.46. The lowest BCUT2D eigenvalue weighted by Gasteiger charge is -2.06. The zero-order chi connectivity index (χ0) is 9.14. The molecule has 0 saturated heterocycles. The van der Waals surface area contributed by atoms with Crippen molar-refractivity contribution in [2.24, 2.45) is 5.73 Å². The Morgan fingerprint density at radius 1 is 1.58 bits per heavy atom. The normalized spacial score (nSPS) is 9.42. The van der Waals surface area contributed by atoms with Crippen molar-refractivity contribution >= 4 is 11.7 Å². The number of nitrogens with one attached hydrogen (secondary N) is 1. The van der Waals surface area contributed by atoms with E-state index >= 15 is 0 Å². The van der Waals surface area contributed by atoms with E-state index in [1.807, 2.05) is 0 Å². The lowest BCUT2D eigenvalue weighted by atomic mass is 10.2. The summed E-state index contributed by atoms with van der Waals surface area (Å²) in [5.74, 6) is 0.0220. The third-order valence-corrected chi connectivity index (χ3v) is 1.50. The third kappa shape index (κ3) is 1.66. The molecule has 1 rings (SSSR count). The number of urea groups is 1. The highest BCUT2D eigenvalue weighted by Gasteiger charge is 2.04. The fourth-order valence-corrected chi connectivity index (χ4v) is 0.938. The summed E-state index contributed by atoms with van der Waals surface area (Å²) in [6.07, 6.45) is 0. The van der Waals surface area contributed by atoms with Crippen LogP contribution < -0.4 is 11.1 Å². The highest BCUT2D eigenvalue weighted by Crippen LogP contribution is 2.25. The molecule has 1 aromatic carbocycles. The number of hydrogen-bond donors (Lipinski definition) is 3. The summed E-state index contributed by atoms with van der Waals surface area (Å²) < 4.78 is 0. The van der Waals surface area contributed by atoms with Gasteiger partial charge in [0.15, 0.2) is 0 Å². The van der Waals surface area contributed by atoms with Crippen molar-refractivity contribution in [1.82, 2.24) is 0 Å². The van der Waals surface area contributed by atoms with E-state index in [0.717, 1.165) is 5.56 Å². The van der Waals surface area contributed by atoms with E-state index in [0.29, 0.717) is 5.69 Å². The number of phenolic OH excluding ortho intramolecular Hbond substituents is 1. The van der Waals surface area contributed by atoms with Gasteiger partial charge in [0.05, 0.1) is 5.69 Å².